The number of aromatic nitrogens is 2. The molecule has 3 rings (SSSR count). The van der Waals surface area contributed by atoms with Crippen molar-refractivity contribution in [2.45, 2.75) is 13.8 Å². The molecule has 3 aromatic heterocycles. The van der Waals surface area contributed by atoms with E-state index in [1.54, 1.807) is 13.8 Å². The Morgan fingerprint density at radius 1 is 1.36 bits per heavy atom. The number of H-pyrrole nitrogens is 1. The third-order valence-corrected chi connectivity index (χ3v) is 5.22. The molecule has 0 aliphatic carbocycles. The number of nitrogens with zero attached hydrogens (tertiary/aromatic N) is 1. The largest absolute Gasteiger partial charge is 0.465 e. The first kappa shape index (κ1) is 19.8. The molecule has 3 heterocycles. The monoisotopic (exact) mass is 422 g/mol. The quantitative estimate of drug-likeness (QED) is 0.625. The van der Waals surface area contributed by atoms with Gasteiger partial charge in [-0.05, 0) is 31.5 Å². The van der Waals surface area contributed by atoms with Crippen molar-refractivity contribution in [2.75, 3.05) is 13.7 Å². The van der Waals surface area contributed by atoms with E-state index in [1.807, 2.05) is 0 Å². The Labute approximate surface area is 167 Å². The number of ether oxygens (including phenoxy) is 2. The molecule has 0 amide bonds. The number of esters is 2. The van der Waals surface area contributed by atoms with Gasteiger partial charge in [-0.3, -0.25) is 4.79 Å². The molecular weight excluding hydrogens is 408 g/mol. The highest BCUT2D eigenvalue weighted by atomic mass is 35.5. The fourth-order valence-corrected chi connectivity index (χ4v) is 3.78. The number of thiophene rings is 1. The van der Waals surface area contributed by atoms with Gasteiger partial charge in [-0.25, -0.2) is 14.6 Å². The molecule has 10 heteroatoms. The number of carbonyl (C=O) groups excluding carboxylic acids is 2. The van der Waals surface area contributed by atoms with Crippen molar-refractivity contribution in [1.82, 2.24) is 9.97 Å². The summed E-state index contributed by atoms with van der Waals surface area (Å²) in [6.07, 6.45) is 1.41. The first-order valence-corrected chi connectivity index (χ1v) is 9.31. The van der Waals surface area contributed by atoms with Crippen LogP contribution in [0.1, 0.15) is 44.3 Å². The van der Waals surface area contributed by atoms with Crippen LogP contribution in [0.4, 0.5) is 0 Å². The molecule has 146 valence electrons. The summed E-state index contributed by atoms with van der Waals surface area (Å²) in [6, 6.07) is 2.99. The minimum absolute atomic E-state index is 0.0334. The molecule has 28 heavy (non-hydrogen) atoms. The van der Waals surface area contributed by atoms with Gasteiger partial charge in [-0.15, -0.1) is 11.3 Å². The van der Waals surface area contributed by atoms with Crippen LogP contribution in [0.5, 0.6) is 0 Å². The molecule has 1 N–H and O–H groups in total. The number of fused-ring (bicyclic) bond motifs is 1. The summed E-state index contributed by atoms with van der Waals surface area (Å²) >= 11 is 7.31. The van der Waals surface area contributed by atoms with Gasteiger partial charge in [0.2, 0.25) is 5.76 Å². The van der Waals surface area contributed by atoms with E-state index in [1.165, 1.54) is 25.3 Å². The van der Waals surface area contributed by atoms with E-state index >= 15 is 0 Å². The van der Waals surface area contributed by atoms with Gasteiger partial charge in [0, 0.05) is 6.08 Å². The number of nitrogens with one attached hydrogen (secondary N) is 1. The molecule has 0 aliphatic heterocycles. The molecule has 0 unspecified atom stereocenters. The summed E-state index contributed by atoms with van der Waals surface area (Å²) in [5, 5.41) is 0.399. The van der Waals surface area contributed by atoms with Crippen molar-refractivity contribution in [3.05, 3.63) is 50.3 Å². The predicted octanol–water partition coefficient (Wildman–Crippen LogP) is 3.59. The second kappa shape index (κ2) is 7.99. The molecular formula is C18H15ClN2O6S. The topological polar surface area (TPSA) is 111 Å². The Kier molecular flexibility index (Phi) is 5.66. The van der Waals surface area contributed by atoms with Gasteiger partial charge in [-0.1, -0.05) is 11.6 Å². The van der Waals surface area contributed by atoms with Gasteiger partial charge in [0.25, 0.3) is 5.56 Å². The molecule has 0 saturated heterocycles. The number of methoxy groups -OCH3 is 1. The number of hydrogen-bond donors (Lipinski definition) is 1. The summed E-state index contributed by atoms with van der Waals surface area (Å²) < 4.78 is 14.9. The van der Waals surface area contributed by atoms with Gasteiger partial charge >= 0.3 is 11.9 Å². The van der Waals surface area contributed by atoms with Crippen molar-refractivity contribution in [3.8, 4) is 0 Å². The molecule has 0 aromatic carbocycles. The smallest absolute Gasteiger partial charge is 0.374 e. The Bertz CT molecular complexity index is 1160. The van der Waals surface area contributed by atoms with Crippen molar-refractivity contribution in [1.29, 1.82) is 0 Å². The number of halogens is 1. The van der Waals surface area contributed by atoms with Crippen LogP contribution in [0.15, 0.2) is 21.3 Å². The Morgan fingerprint density at radius 3 is 2.79 bits per heavy atom. The Morgan fingerprint density at radius 2 is 2.11 bits per heavy atom. The Hall–Kier alpha value is -2.91. The Balaban J connectivity index is 1.99. The molecule has 0 aliphatic rings. The van der Waals surface area contributed by atoms with E-state index in [0.29, 0.717) is 20.7 Å². The fraction of sp³-hybridized carbons (Fsp3) is 0.222. The SMILES string of the molecule is CCOC(=O)c1ccc(/C=C(/Cl)c2nc3sc(C(=O)OC)c(C)c3c(=O)[nH]2)o1. The van der Waals surface area contributed by atoms with Crippen molar-refractivity contribution < 1.29 is 23.5 Å². The highest BCUT2D eigenvalue weighted by molar-refractivity contribution is 7.20. The van der Waals surface area contributed by atoms with Crippen LogP contribution < -0.4 is 5.56 Å². The van der Waals surface area contributed by atoms with Crippen molar-refractivity contribution >= 4 is 56.2 Å². The van der Waals surface area contributed by atoms with Crippen LogP contribution >= 0.6 is 22.9 Å². The third-order valence-electron chi connectivity index (χ3n) is 3.77. The fourth-order valence-electron chi connectivity index (χ4n) is 2.48. The van der Waals surface area contributed by atoms with Crippen molar-refractivity contribution in [2.24, 2.45) is 0 Å². The van der Waals surface area contributed by atoms with Crippen LogP contribution in [-0.2, 0) is 9.47 Å². The van der Waals surface area contributed by atoms with E-state index < -0.39 is 17.5 Å². The maximum absolute atomic E-state index is 12.5. The maximum Gasteiger partial charge on any atom is 0.374 e. The number of aryl methyl sites for hydroxylation is 1. The normalized spacial score (nSPS) is 11.6. The van der Waals surface area contributed by atoms with E-state index in [9.17, 15) is 14.4 Å². The zero-order valence-corrected chi connectivity index (χ0v) is 16.7. The van der Waals surface area contributed by atoms with Gasteiger partial charge in [-0.2, -0.15) is 0 Å². The lowest BCUT2D eigenvalue weighted by molar-refractivity contribution is 0.0489. The lowest BCUT2D eigenvalue weighted by Gasteiger charge is -1.99. The van der Waals surface area contributed by atoms with E-state index in [4.69, 9.17) is 25.5 Å². The van der Waals surface area contributed by atoms with E-state index in [0.717, 1.165) is 11.3 Å². The molecule has 0 radical (unpaired) electrons. The van der Waals surface area contributed by atoms with Crippen LogP contribution in [0.2, 0.25) is 0 Å². The summed E-state index contributed by atoms with van der Waals surface area (Å²) in [4.78, 5) is 43.5. The van der Waals surface area contributed by atoms with Crippen LogP contribution in [0, 0.1) is 6.92 Å². The highest BCUT2D eigenvalue weighted by Gasteiger charge is 2.20. The maximum atomic E-state index is 12.5. The minimum Gasteiger partial charge on any atom is -0.465 e. The van der Waals surface area contributed by atoms with Gasteiger partial charge in [0.15, 0.2) is 5.82 Å². The molecule has 3 aromatic rings. The van der Waals surface area contributed by atoms with Gasteiger partial charge in [0.1, 0.15) is 15.5 Å². The van der Waals surface area contributed by atoms with E-state index in [2.05, 4.69) is 9.97 Å². The number of carbonyl (C=O) groups is 2. The first-order valence-electron chi connectivity index (χ1n) is 8.12. The molecule has 8 nitrogen and oxygen atoms in total. The minimum atomic E-state index is -0.587. The standard InChI is InChI=1S/C18H15ClN2O6S/c1-4-26-17(23)11-6-5-9(27-11)7-10(19)14-20-15(22)12-8(2)13(18(24)25-3)28-16(12)21-14/h5-7H,4H2,1-3H3,(H,20,21,22)/b10-7+. The predicted molar refractivity (Wildman–Crippen MR) is 105 cm³/mol. The van der Waals surface area contributed by atoms with Gasteiger partial charge < -0.3 is 18.9 Å². The molecule has 0 spiro atoms. The average Bonchev–Trinajstić information content (AvgIpc) is 3.26. The number of aromatic amines is 1. The molecule has 0 fully saturated rings. The van der Waals surface area contributed by atoms with Gasteiger partial charge in [0.05, 0.1) is 24.1 Å². The summed E-state index contributed by atoms with van der Waals surface area (Å²) in [6.45, 7) is 3.57. The lowest BCUT2D eigenvalue weighted by Crippen LogP contribution is -2.10. The zero-order chi connectivity index (χ0) is 20.4. The number of hydrogen-bond acceptors (Lipinski definition) is 8. The molecule has 0 atom stereocenters. The van der Waals surface area contributed by atoms with Crippen LogP contribution in [0.25, 0.3) is 21.3 Å². The first-order chi connectivity index (χ1) is 13.3. The van der Waals surface area contributed by atoms with Crippen molar-refractivity contribution in [3.63, 3.8) is 0 Å². The number of rotatable bonds is 5. The zero-order valence-electron chi connectivity index (χ0n) is 15.1. The molecule has 0 saturated carbocycles. The summed E-state index contributed by atoms with van der Waals surface area (Å²) in [5.74, 6) is -0.703. The third kappa shape index (κ3) is 3.71. The second-order valence-corrected chi connectivity index (χ2v) is 6.96. The second-order valence-electron chi connectivity index (χ2n) is 5.56. The van der Waals surface area contributed by atoms with Crippen LogP contribution in [0.3, 0.4) is 0 Å². The van der Waals surface area contributed by atoms with E-state index in [-0.39, 0.29) is 29.0 Å². The van der Waals surface area contributed by atoms with Crippen LogP contribution in [-0.4, -0.2) is 35.6 Å². The molecule has 0 bridgehead atoms. The number of furan rings is 1. The summed E-state index contributed by atoms with van der Waals surface area (Å²) in [5.41, 5.74) is 0.0690. The average molecular weight is 423 g/mol. The summed E-state index contributed by atoms with van der Waals surface area (Å²) in [7, 11) is 1.27. The highest BCUT2D eigenvalue weighted by Crippen LogP contribution is 2.29. The lowest BCUT2D eigenvalue weighted by atomic mass is 10.2.